The van der Waals surface area contributed by atoms with Crippen LogP contribution in [-0.2, 0) is 12.2 Å². The second-order valence-electron chi connectivity index (χ2n) is 5.26. The van der Waals surface area contributed by atoms with E-state index in [2.05, 4.69) is 31.3 Å². The summed E-state index contributed by atoms with van der Waals surface area (Å²) in [7, 11) is 0. The Labute approximate surface area is 129 Å². The van der Waals surface area contributed by atoms with Gasteiger partial charge in [-0.25, -0.2) is 0 Å². The molecule has 1 aliphatic rings. The third kappa shape index (κ3) is 2.69. The molecule has 1 aliphatic heterocycles. The van der Waals surface area contributed by atoms with Crippen LogP contribution >= 0.6 is 23.1 Å². The molecule has 1 N–H and O–H groups in total. The Morgan fingerprint density at radius 1 is 1.35 bits per heavy atom. The van der Waals surface area contributed by atoms with Gasteiger partial charge in [0.2, 0.25) is 0 Å². The number of hydrogen-bond acceptors (Lipinski definition) is 4. The number of hydrogen-bond donors (Lipinski definition) is 1. The molecule has 0 amide bonds. The fourth-order valence-corrected chi connectivity index (χ4v) is 5.29. The molecular formula is C16H21NOS2. The lowest BCUT2D eigenvalue weighted by atomic mass is 10.0. The molecule has 0 radical (unpaired) electrons. The zero-order chi connectivity index (χ0) is 14.1. The Morgan fingerprint density at radius 3 is 2.85 bits per heavy atom. The van der Waals surface area contributed by atoms with Crippen LogP contribution in [0.5, 0.6) is 0 Å². The van der Waals surface area contributed by atoms with Crippen molar-refractivity contribution in [2.45, 2.75) is 39.0 Å². The fourth-order valence-electron chi connectivity index (χ4n) is 2.82. The summed E-state index contributed by atoms with van der Waals surface area (Å²) in [5.74, 6) is 4.47. The van der Waals surface area contributed by atoms with Gasteiger partial charge in [-0.05, 0) is 50.3 Å². The Morgan fingerprint density at radius 2 is 2.20 bits per heavy atom. The molecule has 0 saturated carbocycles. The van der Waals surface area contributed by atoms with Gasteiger partial charge in [-0.1, -0.05) is 6.92 Å². The van der Waals surface area contributed by atoms with Crippen molar-refractivity contribution in [1.82, 2.24) is 5.32 Å². The van der Waals surface area contributed by atoms with Crippen molar-refractivity contribution >= 4 is 23.1 Å². The van der Waals surface area contributed by atoms with Crippen LogP contribution in [0, 0.1) is 13.8 Å². The molecule has 0 aliphatic carbocycles. The molecule has 0 fully saturated rings. The summed E-state index contributed by atoms with van der Waals surface area (Å²) in [6.45, 7) is 7.22. The van der Waals surface area contributed by atoms with E-state index in [1.807, 2.05) is 30.0 Å². The normalized spacial score (nSPS) is 16.1. The van der Waals surface area contributed by atoms with Crippen LogP contribution in [-0.4, -0.2) is 12.3 Å². The summed E-state index contributed by atoms with van der Waals surface area (Å²) in [6, 6.07) is 4.86. The van der Waals surface area contributed by atoms with Crippen LogP contribution in [0.1, 0.15) is 45.4 Å². The van der Waals surface area contributed by atoms with Crippen LogP contribution in [0.3, 0.4) is 0 Å². The minimum Gasteiger partial charge on any atom is -0.466 e. The average Bonchev–Trinajstić information content (AvgIpc) is 2.99. The molecule has 0 bridgehead atoms. The van der Waals surface area contributed by atoms with Crippen molar-refractivity contribution < 1.29 is 4.42 Å². The third-order valence-corrected chi connectivity index (χ3v) is 6.04. The lowest BCUT2D eigenvalue weighted by Gasteiger charge is -2.15. The summed E-state index contributed by atoms with van der Waals surface area (Å²) in [5, 5.41) is 3.62. The number of rotatable bonds is 4. The first-order valence-electron chi connectivity index (χ1n) is 7.18. The van der Waals surface area contributed by atoms with Crippen molar-refractivity contribution in [2.75, 3.05) is 12.3 Å². The van der Waals surface area contributed by atoms with Crippen molar-refractivity contribution in [2.24, 2.45) is 0 Å². The maximum atomic E-state index is 5.73. The first-order valence-corrected chi connectivity index (χ1v) is 9.15. The smallest absolute Gasteiger partial charge is 0.106 e. The molecule has 1 atom stereocenters. The zero-order valence-corrected chi connectivity index (χ0v) is 13.9. The Bertz CT molecular complexity index is 576. The van der Waals surface area contributed by atoms with Crippen LogP contribution in [0.15, 0.2) is 16.5 Å². The van der Waals surface area contributed by atoms with E-state index in [4.69, 9.17) is 4.42 Å². The lowest BCUT2D eigenvalue weighted by Crippen LogP contribution is -2.21. The monoisotopic (exact) mass is 307 g/mol. The van der Waals surface area contributed by atoms with E-state index in [9.17, 15) is 0 Å². The maximum absolute atomic E-state index is 5.73. The van der Waals surface area contributed by atoms with Crippen LogP contribution in [0.2, 0.25) is 0 Å². The van der Waals surface area contributed by atoms with Crippen molar-refractivity contribution in [1.29, 1.82) is 0 Å². The zero-order valence-electron chi connectivity index (χ0n) is 12.3. The average molecular weight is 307 g/mol. The molecular weight excluding hydrogens is 286 g/mol. The predicted octanol–water partition coefficient (Wildman–Crippen LogP) is 4.45. The van der Waals surface area contributed by atoms with Crippen LogP contribution in [0.25, 0.3) is 0 Å². The van der Waals surface area contributed by atoms with Gasteiger partial charge >= 0.3 is 0 Å². The van der Waals surface area contributed by atoms with E-state index >= 15 is 0 Å². The van der Waals surface area contributed by atoms with Gasteiger partial charge < -0.3 is 9.73 Å². The van der Waals surface area contributed by atoms with Crippen molar-refractivity contribution in [3.8, 4) is 0 Å². The van der Waals surface area contributed by atoms with E-state index in [1.54, 1.807) is 10.4 Å². The van der Waals surface area contributed by atoms with Gasteiger partial charge in [-0.3, -0.25) is 0 Å². The number of thiophene rings is 1. The Balaban J connectivity index is 1.98. The highest BCUT2D eigenvalue weighted by molar-refractivity contribution is 7.98. The number of fused-ring (bicyclic) bond motifs is 1. The Kier molecular flexibility index (Phi) is 4.24. The van der Waals surface area contributed by atoms with Gasteiger partial charge in [0.05, 0.1) is 6.04 Å². The predicted molar refractivity (Wildman–Crippen MR) is 87.9 cm³/mol. The van der Waals surface area contributed by atoms with Gasteiger partial charge in [-0.2, -0.15) is 11.8 Å². The number of nitrogens with one attached hydrogen (secondary N) is 1. The quantitative estimate of drug-likeness (QED) is 0.903. The molecule has 2 aromatic rings. The van der Waals surface area contributed by atoms with Crippen LogP contribution in [0.4, 0.5) is 0 Å². The highest BCUT2D eigenvalue weighted by Gasteiger charge is 2.23. The maximum Gasteiger partial charge on any atom is 0.106 e. The summed E-state index contributed by atoms with van der Waals surface area (Å²) >= 11 is 4.03. The highest BCUT2D eigenvalue weighted by atomic mass is 32.2. The lowest BCUT2D eigenvalue weighted by molar-refractivity contribution is 0.495. The molecule has 2 nitrogen and oxygen atoms in total. The van der Waals surface area contributed by atoms with Crippen molar-refractivity contribution in [3.63, 3.8) is 0 Å². The second-order valence-corrected chi connectivity index (χ2v) is 7.53. The summed E-state index contributed by atoms with van der Waals surface area (Å²) in [6.07, 6.45) is 1.23. The molecule has 20 heavy (non-hydrogen) atoms. The van der Waals surface area contributed by atoms with Gasteiger partial charge in [0.15, 0.2) is 0 Å². The SMILES string of the molecule is CCNC(c1cc2c(s1)CCSC2)c1cc(C)oc1C. The summed E-state index contributed by atoms with van der Waals surface area (Å²) in [4.78, 5) is 3.02. The first-order chi connectivity index (χ1) is 9.69. The fraction of sp³-hybridized carbons (Fsp3) is 0.500. The first kappa shape index (κ1) is 14.2. The van der Waals surface area contributed by atoms with E-state index in [0.29, 0.717) is 0 Å². The van der Waals surface area contributed by atoms with E-state index in [1.165, 1.54) is 28.4 Å². The van der Waals surface area contributed by atoms with Gasteiger partial charge in [0, 0.05) is 21.1 Å². The summed E-state index contributed by atoms with van der Waals surface area (Å²) in [5.41, 5.74) is 2.83. The molecule has 2 aromatic heterocycles. The van der Waals surface area contributed by atoms with Gasteiger partial charge in [0.1, 0.15) is 11.5 Å². The molecule has 108 valence electrons. The molecule has 4 heteroatoms. The minimum absolute atomic E-state index is 0.276. The molecule has 1 unspecified atom stereocenters. The topological polar surface area (TPSA) is 25.2 Å². The molecule has 3 rings (SSSR count). The highest BCUT2D eigenvalue weighted by Crippen LogP contribution is 2.37. The standard InChI is InChI=1S/C16H21NOS2/c1-4-17-16(13-7-10(2)18-11(13)3)15-8-12-9-19-6-5-14(12)20-15/h7-8,16-17H,4-6,9H2,1-3H3. The number of thioether (sulfide) groups is 1. The largest absolute Gasteiger partial charge is 0.466 e. The summed E-state index contributed by atoms with van der Waals surface area (Å²) < 4.78 is 5.73. The number of furan rings is 1. The van der Waals surface area contributed by atoms with E-state index < -0.39 is 0 Å². The van der Waals surface area contributed by atoms with E-state index in [-0.39, 0.29) is 6.04 Å². The van der Waals surface area contributed by atoms with Crippen LogP contribution < -0.4 is 5.32 Å². The number of aryl methyl sites for hydroxylation is 3. The molecule has 0 spiro atoms. The van der Waals surface area contributed by atoms with Crippen molar-refractivity contribution in [3.05, 3.63) is 44.5 Å². The third-order valence-electron chi connectivity index (χ3n) is 3.73. The van der Waals surface area contributed by atoms with Gasteiger partial charge in [0.25, 0.3) is 0 Å². The van der Waals surface area contributed by atoms with Gasteiger partial charge in [-0.15, -0.1) is 11.3 Å². The second kappa shape index (κ2) is 5.96. The Hall–Kier alpha value is -0.710. The van der Waals surface area contributed by atoms with E-state index in [0.717, 1.165) is 18.1 Å². The molecule has 0 aromatic carbocycles. The molecule has 3 heterocycles. The molecule has 0 saturated heterocycles. The minimum atomic E-state index is 0.276.